The summed E-state index contributed by atoms with van der Waals surface area (Å²) >= 11 is 0. The van der Waals surface area contributed by atoms with E-state index in [0.717, 1.165) is 29.9 Å². The second-order valence-electron chi connectivity index (χ2n) is 7.03. The van der Waals surface area contributed by atoms with Gasteiger partial charge in [-0.25, -0.2) is 0 Å². The third-order valence-corrected chi connectivity index (χ3v) is 7.67. The molecule has 2 fully saturated rings. The Labute approximate surface area is 129 Å². The molecule has 0 saturated heterocycles. The zero-order chi connectivity index (χ0) is 15.3. The fraction of sp³-hybridized carbons (Fsp3) is 0.647. The average molecular weight is 308 g/mol. The number of fused-ring (bicyclic) bond motifs is 2. The maximum atomic E-state index is 12.8. The second-order valence-corrected chi connectivity index (χ2v) is 8.48. The van der Waals surface area contributed by atoms with Crippen LogP contribution in [0.15, 0.2) is 29.2 Å². The van der Waals surface area contributed by atoms with Crippen molar-refractivity contribution in [3.05, 3.63) is 24.3 Å². The topological polar surface area (TPSA) is 46.5 Å². The molecular weight excluding hydrogens is 284 g/mol. The van der Waals surface area contributed by atoms with Crippen molar-refractivity contribution >= 4 is 10.8 Å². The van der Waals surface area contributed by atoms with E-state index in [2.05, 4.69) is 13.8 Å². The summed E-state index contributed by atoms with van der Waals surface area (Å²) in [4.78, 5) is 0.823. The summed E-state index contributed by atoms with van der Waals surface area (Å²) in [5, 5.41) is 10.5. The van der Waals surface area contributed by atoms with Gasteiger partial charge in [-0.1, -0.05) is 13.8 Å². The van der Waals surface area contributed by atoms with Gasteiger partial charge in [0.1, 0.15) is 5.75 Å². The lowest BCUT2D eigenvalue weighted by atomic mass is 9.70. The van der Waals surface area contributed by atoms with Gasteiger partial charge in [0, 0.05) is 16.1 Å². The van der Waals surface area contributed by atoms with Gasteiger partial charge in [0.25, 0.3) is 0 Å². The minimum Gasteiger partial charge on any atom is -0.497 e. The van der Waals surface area contributed by atoms with Crippen LogP contribution in [0.5, 0.6) is 5.75 Å². The third kappa shape index (κ3) is 2.15. The first-order valence-electron chi connectivity index (χ1n) is 7.61. The summed E-state index contributed by atoms with van der Waals surface area (Å²) < 4.78 is 17.9. The van der Waals surface area contributed by atoms with Gasteiger partial charge in [0.2, 0.25) is 0 Å². The Morgan fingerprint density at radius 1 is 1.33 bits per heavy atom. The van der Waals surface area contributed by atoms with Crippen LogP contribution in [0.25, 0.3) is 0 Å². The van der Waals surface area contributed by atoms with Crippen molar-refractivity contribution in [3.8, 4) is 5.75 Å². The van der Waals surface area contributed by atoms with E-state index in [-0.39, 0.29) is 16.9 Å². The van der Waals surface area contributed by atoms with E-state index in [1.165, 1.54) is 0 Å². The third-order valence-electron chi connectivity index (χ3n) is 6.10. The summed E-state index contributed by atoms with van der Waals surface area (Å²) in [5.41, 5.74) is -0.114. The van der Waals surface area contributed by atoms with Gasteiger partial charge in [-0.2, -0.15) is 0 Å². The Balaban J connectivity index is 1.83. The van der Waals surface area contributed by atoms with Crippen LogP contribution in [-0.2, 0) is 10.8 Å². The zero-order valence-corrected chi connectivity index (χ0v) is 13.8. The SMILES string of the molecule is COc1ccc(S(=O)C[C@]23CC[C@H](C[C@H]2O)C3(C)C)cc1. The van der Waals surface area contributed by atoms with Gasteiger partial charge in [0.15, 0.2) is 0 Å². The van der Waals surface area contributed by atoms with Crippen molar-refractivity contribution in [3.63, 3.8) is 0 Å². The van der Waals surface area contributed by atoms with Crippen molar-refractivity contribution in [1.82, 2.24) is 0 Å². The zero-order valence-electron chi connectivity index (χ0n) is 13.0. The van der Waals surface area contributed by atoms with E-state index in [9.17, 15) is 9.32 Å². The molecule has 0 heterocycles. The number of methoxy groups -OCH3 is 1. The average Bonchev–Trinajstić information content (AvgIpc) is 2.81. The molecule has 21 heavy (non-hydrogen) atoms. The molecule has 3 nitrogen and oxygen atoms in total. The van der Waals surface area contributed by atoms with E-state index in [1.807, 2.05) is 24.3 Å². The molecular formula is C17H24O3S. The maximum absolute atomic E-state index is 12.8. The standard InChI is InChI=1S/C17H24O3S/c1-16(2)12-8-9-17(16,15(18)10-12)11-21(19)14-6-4-13(20-3)5-7-14/h4-7,12,15,18H,8-11H2,1-3H3/t12-,15-,17-,21?/m1/s1. The van der Waals surface area contributed by atoms with E-state index in [1.54, 1.807) is 7.11 Å². The van der Waals surface area contributed by atoms with Gasteiger partial charge in [-0.15, -0.1) is 0 Å². The molecule has 116 valence electrons. The molecule has 1 unspecified atom stereocenters. The molecule has 0 spiro atoms. The minimum absolute atomic E-state index is 0.0779. The van der Waals surface area contributed by atoms with Gasteiger partial charge < -0.3 is 9.84 Å². The highest BCUT2D eigenvalue weighted by atomic mass is 32.2. The van der Waals surface area contributed by atoms with Crippen molar-refractivity contribution in [2.75, 3.05) is 12.9 Å². The van der Waals surface area contributed by atoms with Crippen molar-refractivity contribution in [2.45, 2.75) is 44.1 Å². The minimum atomic E-state index is -1.08. The predicted molar refractivity (Wildman–Crippen MR) is 83.8 cm³/mol. The van der Waals surface area contributed by atoms with Gasteiger partial charge >= 0.3 is 0 Å². The summed E-state index contributed by atoms with van der Waals surface area (Å²) in [7, 11) is 0.547. The van der Waals surface area contributed by atoms with Crippen LogP contribution in [0.4, 0.5) is 0 Å². The molecule has 2 aliphatic carbocycles. The molecule has 1 aromatic rings. The molecule has 4 atom stereocenters. The number of hydrogen-bond donors (Lipinski definition) is 1. The monoisotopic (exact) mass is 308 g/mol. The fourth-order valence-corrected chi connectivity index (χ4v) is 6.21. The summed E-state index contributed by atoms with van der Waals surface area (Å²) in [6, 6.07) is 7.43. The lowest BCUT2D eigenvalue weighted by Gasteiger charge is -2.40. The molecule has 0 amide bonds. The number of hydrogen-bond acceptors (Lipinski definition) is 3. The van der Waals surface area contributed by atoms with E-state index in [4.69, 9.17) is 4.74 Å². The summed E-state index contributed by atoms with van der Waals surface area (Å²) in [6.07, 6.45) is 2.71. The highest BCUT2D eigenvalue weighted by Gasteiger charge is 2.64. The molecule has 0 aliphatic heterocycles. The number of ether oxygens (including phenoxy) is 1. The fourth-order valence-electron chi connectivity index (χ4n) is 4.42. The first kappa shape index (κ1) is 15.0. The van der Waals surface area contributed by atoms with Crippen molar-refractivity contribution < 1.29 is 14.1 Å². The van der Waals surface area contributed by atoms with Gasteiger partial charge in [-0.05, 0) is 54.9 Å². The lowest BCUT2D eigenvalue weighted by molar-refractivity contribution is 0.0160. The molecule has 2 saturated carbocycles. The maximum Gasteiger partial charge on any atom is 0.118 e. The van der Waals surface area contributed by atoms with E-state index < -0.39 is 10.8 Å². The van der Waals surface area contributed by atoms with Crippen LogP contribution < -0.4 is 4.74 Å². The predicted octanol–water partition coefficient (Wildman–Crippen LogP) is 2.99. The largest absolute Gasteiger partial charge is 0.497 e. The normalized spacial score (nSPS) is 34.9. The van der Waals surface area contributed by atoms with Crippen LogP contribution in [0.3, 0.4) is 0 Å². The van der Waals surface area contributed by atoms with Crippen molar-refractivity contribution in [2.24, 2.45) is 16.7 Å². The Hall–Kier alpha value is -0.870. The van der Waals surface area contributed by atoms with E-state index in [0.29, 0.717) is 11.7 Å². The van der Waals surface area contributed by atoms with Crippen LogP contribution in [0.1, 0.15) is 33.1 Å². The highest BCUT2D eigenvalue weighted by Crippen LogP contribution is 2.66. The molecule has 0 radical (unpaired) electrons. The Kier molecular flexibility index (Phi) is 3.65. The molecule has 1 N–H and O–H groups in total. The first-order valence-corrected chi connectivity index (χ1v) is 8.93. The molecule has 2 aliphatic rings. The molecule has 1 aromatic carbocycles. The van der Waals surface area contributed by atoms with Crippen LogP contribution >= 0.6 is 0 Å². The van der Waals surface area contributed by atoms with Crippen LogP contribution in [0, 0.1) is 16.7 Å². The van der Waals surface area contributed by atoms with E-state index >= 15 is 0 Å². The van der Waals surface area contributed by atoms with Crippen LogP contribution in [0.2, 0.25) is 0 Å². The lowest BCUT2D eigenvalue weighted by Crippen LogP contribution is -2.43. The number of rotatable bonds is 4. The first-order chi connectivity index (χ1) is 9.90. The number of aliphatic hydroxyl groups is 1. The molecule has 2 bridgehead atoms. The highest BCUT2D eigenvalue weighted by molar-refractivity contribution is 7.85. The smallest absolute Gasteiger partial charge is 0.118 e. The molecule has 0 aromatic heterocycles. The molecule has 3 rings (SSSR count). The Morgan fingerprint density at radius 3 is 2.48 bits per heavy atom. The number of benzene rings is 1. The number of aliphatic hydroxyl groups excluding tert-OH is 1. The van der Waals surface area contributed by atoms with Gasteiger partial charge in [-0.3, -0.25) is 4.21 Å². The van der Waals surface area contributed by atoms with Crippen LogP contribution in [-0.4, -0.2) is 28.3 Å². The Bertz CT molecular complexity index is 552. The second kappa shape index (κ2) is 5.10. The summed E-state index contributed by atoms with van der Waals surface area (Å²) in [5.74, 6) is 1.90. The van der Waals surface area contributed by atoms with Crippen molar-refractivity contribution in [1.29, 1.82) is 0 Å². The Morgan fingerprint density at radius 2 is 2.00 bits per heavy atom. The molecule has 4 heteroatoms. The summed E-state index contributed by atoms with van der Waals surface area (Å²) in [6.45, 7) is 4.48. The quantitative estimate of drug-likeness (QED) is 0.930. The van der Waals surface area contributed by atoms with Gasteiger partial charge in [0.05, 0.1) is 24.0 Å².